The lowest BCUT2D eigenvalue weighted by atomic mass is 10.0. The van der Waals surface area contributed by atoms with Gasteiger partial charge in [-0.3, -0.25) is 9.59 Å². The Morgan fingerprint density at radius 1 is 1.09 bits per heavy atom. The van der Waals surface area contributed by atoms with Gasteiger partial charge in [-0.05, 0) is 42.7 Å². The second-order valence-corrected chi connectivity index (χ2v) is 8.90. The van der Waals surface area contributed by atoms with Gasteiger partial charge in [-0.15, -0.1) is 16.8 Å². The van der Waals surface area contributed by atoms with Gasteiger partial charge in [-0.2, -0.15) is 0 Å². The highest BCUT2D eigenvalue weighted by atomic mass is 32.2. The van der Waals surface area contributed by atoms with Crippen molar-refractivity contribution in [2.45, 2.75) is 44.9 Å². The van der Waals surface area contributed by atoms with Crippen molar-refractivity contribution in [1.82, 2.24) is 20.1 Å². The van der Waals surface area contributed by atoms with E-state index in [9.17, 15) is 9.59 Å². The third kappa shape index (κ3) is 6.79. The van der Waals surface area contributed by atoms with Crippen LogP contribution in [-0.2, 0) is 17.9 Å². The molecule has 2 aromatic carbocycles. The second kappa shape index (κ2) is 11.5. The minimum absolute atomic E-state index is 0.125. The summed E-state index contributed by atoms with van der Waals surface area (Å²) in [7, 11) is 0. The summed E-state index contributed by atoms with van der Waals surface area (Å²) in [5, 5.41) is 14.8. The van der Waals surface area contributed by atoms with Crippen molar-refractivity contribution in [3.63, 3.8) is 0 Å². The van der Waals surface area contributed by atoms with Gasteiger partial charge in [0, 0.05) is 17.8 Å². The molecule has 0 saturated heterocycles. The highest BCUT2D eigenvalue weighted by molar-refractivity contribution is 7.99. The fourth-order valence-electron chi connectivity index (χ4n) is 3.11. The van der Waals surface area contributed by atoms with Crippen molar-refractivity contribution in [2.24, 2.45) is 0 Å². The highest BCUT2D eigenvalue weighted by Gasteiger charge is 2.15. The molecule has 0 saturated carbocycles. The molecule has 0 radical (unpaired) electrons. The number of nitrogens with zero attached hydrogens (tertiary/aromatic N) is 3. The van der Waals surface area contributed by atoms with Gasteiger partial charge in [0.2, 0.25) is 5.91 Å². The van der Waals surface area contributed by atoms with Gasteiger partial charge in [0.25, 0.3) is 5.91 Å². The van der Waals surface area contributed by atoms with Crippen LogP contribution in [0.4, 0.5) is 5.69 Å². The van der Waals surface area contributed by atoms with E-state index in [-0.39, 0.29) is 24.1 Å². The van der Waals surface area contributed by atoms with Gasteiger partial charge in [-0.1, -0.05) is 61.5 Å². The van der Waals surface area contributed by atoms with E-state index in [1.165, 1.54) is 17.3 Å². The van der Waals surface area contributed by atoms with Crippen molar-refractivity contribution < 1.29 is 9.59 Å². The van der Waals surface area contributed by atoms with Crippen LogP contribution in [0.2, 0.25) is 0 Å². The summed E-state index contributed by atoms with van der Waals surface area (Å²) in [6.45, 7) is 10.7. The topological polar surface area (TPSA) is 88.9 Å². The SMILES string of the molecule is C=CCn1c(CNC(=O)c2ccc(C)cc2)nnc1SCC(=O)Nc1ccc(C(C)C)cc1. The molecule has 8 heteroatoms. The summed E-state index contributed by atoms with van der Waals surface area (Å²) >= 11 is 1.29. The third-order valence-corrected chi connectivity index (χ3v) is 5.99. The monoisotopic (exact) mass is 463 g/mol. The van der Waals surface area contributed by atoms with Crippen molar-refractivity contribution in [2.75, 3.05) is 11.1 Å². The van der Waals surface area contributed by atoms with Gasteiger partial charge in [0.05, 0.1) is 12.3 Å². The summed E-state index contributed by atoms with van der Waals surface area (Å²) in [5.74, 6) is 0.927. The van der Waals surface area contributed by atoms with Crippen LogP contribution in [0.25, 0.3) is 0 Å². The number of aromatic nitrogens is 3. The molecule has 33 heavy (non-hydrogen) atoms. The number of hydrogen-bond donors (Lipinski definition) is 2. The zero-order valence-corrected chi connectivity index (χ0v) is 20.0. The van der Waals surface area contributed by atoms with E-state index < -0.39 is 0 Å². The molecule has 1 heterocycles. The summed E-state index contributed by atoms with van der Waals surface area (Å²) in [6, 6.07) is 15.2. The molecule has 0 fully saturated rings. The lowest BCUT2D eigenvalue weighted by Crippen LogP contribution is -2.24. The van der Waals surface area contributed by atoms with Crippen molar-refractivity contribution in [3.05, 3.63) is 83.7 Å². The number of rotatable bonds is 10. The number of thioether (sulfide) groups is 1. The van der Waals surface area contributed by atoms with Crippen LogP contribution in [-0.4, -0.2) is 32.3 Å². The molecule has 3 aromatic rings. The summed E-state index contributed by atoms with van der Waals surface area (Å²) in [6.07, 6.45) is 1.73. The summed E-state index contributed by atoms with van der Waals surface area (Å²) < 4.78 is 1.85. The van der Waals surface area contributed by atoms with Crippen LogP contribution in [0.1, 0.15) is 47.1 Å². The number of aryl methyl sites for hydroxylation is 1. The van der Waals surface area contributed by atoms with Crippen molar-refractivity contribution in [3.8, 4) is 0 Å². The number of amides is 2. The zero-order valence-electron chi connectivity index (χ0n) is 19.2. The molecule has 2 amide bonds. The number of benzene rings is 2. The largest absolute Gasteiger partial charge is 0.345 e. The van der Waals surface area contributed by atoms with Crippen molar-refractivity contribution in [1.29, 1.82) is 0 Å². The lowest BCUT2D eigenvalue weighted by molar-refractivity contribution is -0.113. The predicted octanol–water partition coefficient (Wildman–Crippen LogP) is 4.56. The van der Waals surface area contributed by atoms with Crippen LogP contribution >= 0.6 is 11.8 Å². The summed E-state index contributed by atoms with van der Waals surface area (Å²) in [4.78, 5) is 24.8. The first-order valence-corrected chi connectivity index (χ1v) is 11.8. The Kier molecular flexibility index (Phi) is 8.43. The second-order valence-electron chi connectivity index (χ2n) is 7.96. The molecule has 1 aromatic heterocycles. The number of allylic oxidation sites excluding steroid dienone is 1. The molecule has 7 nitrogen and oxygen atoms in total. The van der Waals surface area contributed by atoms with Crippen molar-refractivity contribution >= 4 is 29.3 Å². The Bertz CT molecular complexity index is 1100. The molecule has 0 aliphatic carbocycles. The summed E-state index contributed by atoms with van der Waals surface area (Å²) in [5.41, 5.74) is 3.66. The van der Waals surface area contributed by atoms with Crippen LogP contribution in [0.3, 0.4) is 0 Å². The van der Waals surface area contributed by atoms with E-state index >= 15 is 0 Å². The van der Waals surface area contributed by atoms with E-state index in [4.69, 9.17) is 0 Å². The normalized spacial score (nSPS) is 10.8. The molecule has 0 aliphatic heterocycles. The molecular weight excluding hydrogens is 434 g/mol. The van der Waals surface area contributed by atoms with E-state index in [1.807, 2.05) is 47.9 Å². The number of carbonyl (C=O) groups is 2. The standard InChI is InChI=1S/C25H29N5O2S/c1-5-14-30-22(15-26-24(32)20-8-6-18(4)7-9-20)28-29-25(30)33-16-23(31)27-21-12-10-19(11-13-21)17(2)3/h5-13,17H,1,14-16H2,2-4H3,(H,26,32)(H,27,31). The average molecular weight is 464 g/mol. The maximum Gasteiger partial charge on any atom is 0.251 e. The fraction of sp³-hybridized carbons (Fsp3) is 0.280. The first-order chi connectivity index (χ1) is 15.9. The zero-order chi connectivity index (χ0) is 23.8. The molecule has 172 valence electrons. The molecule has 0 aliphatic rings. The third-order valence-electron chi connectivity index (χ3n) is 5.02. The number of hydrogen-bond acceptors (Lipinski definition) is 5. The molecule has 0 atom stereocenters. The average Bonchev–Trinajstić information content (AvgIpc) is 3.18. The predicted molar refractivity (Wildman–Crippen MR) is 132 cm³/mol. The number of carbonyl (C=O) groups excluding carboxylic acids is 2. The van der Waals surface area contributed by atoms with E-state index in [2.05, 4.69) is 41.3 Å². The van der Waals surface area contributed by atoms with Crippen LogP contribution in [0.15, 0.2) is 66.3 Å². The molecule has 0 unspecified atom stereocenters. The van der Waals surface area contributed by atoms with Gasteiger partial charge in [-0.25, -0.2) is 0 Å². The van der Waals surface area contributed by atoms with E-state index in [1.54, 1.807) is 18.2 Å². The maximum absolute atomic E-state index is 12.4. The Morgan fingerprint density at radius 2 is 1.79 bits per heavy atom. The minimum Gasteiger partial charge on any atom is -0.345 e. The van der Waals surface area contributed by atoms with E-state index in [0.29, 0.717) is 29.0 Å². The Balaban J connectivity index is 1.58. The minimum atomic E-state index is -0.180. The maximum atomic E-state index is 12.4. The van der Waals surface area contributed by atoms with Gasteiger partial charge in [0.1, 0.15) is 0 Å². The van der Waals surface area contributed by atoms with Crippen LogP contribution < -0.4 is 10.6 Å². The first-order valence-electron chi connectivity index (χ1n) is 10.8. The Hall–Kier alpha value is -3.39. The number of nitrogens with one attached hydrogen (secondary N) is 2. The molecule has 2 N–H and O–H groups in total. The molecule has 0 bridgehead atoms. The molecule has 3 rings (SSSR count). The van der Waals surface area contributed by atoms with Gasteiger partial charge < -0.3 is 15.2 Å². The molecular formula is C25H29N5O2S. The Morgan fingerprint density at radius 3 is 2.42 bits per heavy atom. The molecule has 0 spiro atoms. The number of anilines is 1. The first kappa shape index (κ1) is 24.3. The fourth-order valence-corrected chi connectivity index (χ4v) is 3.88. The van der Waals surface area contributed by atoms with Crippen LogP contribution in [0, 0.1) is 6.92 Å². The Labute approximate surface area is 198 Å². The van der Waals surface area contributed by atoms with Gasteiger partial charge >= 0.3 is 0 Å². The highest BCUT2D eigenvalue weighted by Crippen LogP contribution is 2.20. The lowest BCUT2D eigenvalue weighted by Gasteiger charge is -2.10. The van der Waals surface area contributed by atoms with E-state index in [0.717, 1.165) is 11.3 Å². The van der Waals surface area contributed by atoms with Crippen LogP contribution in [0.5, 0.6) is 0 Å². The van der Waals surface area contributed by atoms with Gasteiger partial charge in [0.15, 0.2) is 11.0 Å². The smallest absolute Gasteiger partial charge is 0.251 e. The quantitative estimate of drug-likeness (QED) is 0.340.